The summed E-state index contributed by atoms with van der Waals surface area (Å²) >= 11 is 0. The Morgan fingerprint density at radius 2 is 1.83 bits per heavy atom. The standard InChI is InChI=1S/C14H22N2O2/c15-10-6-1-2-7-11-16-14(17)12-18-13-8-4-3-5-9-13/h3-5,8-9H,1-2,6-7,10-12,15H2,(H,16,17). The second-order valence-electron chi connectivity index (χ2n) is 4.15. The summed E-state index contributed by atoms with van der Waals surface area (Å²) in [6.07, 6.45) is 4.30. The maximum atomic E-state index is 11.4. The fraction of sp³-hybridized carbons (Fsp3) is 0.500. The van der Waals surface area contributed by atoms with Gasteiger partial charge in [-0.1, -0.05) is 31.0 Å². The van der Waals surface area contributed by atoms with Gasteiger partial charge in [-0.05, 0) is 31.5 Å². The number of hydrogen-bond acceptors (Lipinski definition) is 3. The number of rotatable bonds is 9. The number of amides is 1. The number of carbonyl (C=O) groups excluding carboxylic acids is 1. The zero-order chi connectivity index (χ0) is 13.1. The van der Waals surface area contributed by atoms with E-state index in [1.165, 1.54) is 0 Å². The lowest BCUT2D eigenvalue weighted by molar-refractivity contribution is -0.123. The van der Waals surface area contributed by atoms with Gasteiger partial charge in [-0.2, -0.15) is 0 Å². The molecule has 3 N–H and O–H groups in total. The maximum absolute atomic E-state index is 11.4. The fourth-order valence-electron chi connectivity index (χ4n) is 1.57. The van der Waals surface area contributed by atoms with Crippen LogP contribution >= 0.6 is 0 Å². The summed E-state index contributed by atoms with van der Waals surface area (Å²) in [5.74, 6) is 0.647. The van der Waals surface area contributed by atoms with Crippen LogP contribution in [0.3, 0.4) is 0 Å². The van der Waals surface area contributed by atoms with Gasteiger partial charge in [0, 0.05) is 6.54 Å². The number of carbonyl (C=O) groups is 1. The first-order valence-electron chi connectivity index (χ1n) is 6.47. The minimum Gasteiger partial charge on any atom is -0.484 e. The first-order valence-corrected chi connectivity index (χ1v) is 6.47. The summed E-state index contributed by atoms with van der Waals surface area (Å²) in [5.41, 5.74) is 5.40. The van der Waals surface area contributed by atoms with Crippen LogP contribution in [0.5, 0.6) is 5.75 Å². The molecule has 1 amide bonds. The summed E-state index contributed by atoms with van der Waals surface area (Å²) in [6, 6.07) is 9.34. The van der Waals surface area contributed by atoms with Crippen LogP contribution in [0.15, 0.2) is 30.3 Å². The van der Waals surface area contributed by atoms with Gasteiger partial charge in [0.2, 0.25) is 0 Å². The molecule has 0 atom stereocenters. The Bertz CT molecular complexity index is 328. The molecule has 0 saturated heterocycles. The summed E-state index contributed by atoms with van der Waals surface area (Å²) in [7, 11) is 0. The largest absolute Gasteiger partial charge is 0.484 e. The van der Waals surface area contributed by atoms with E-state index < -0.39 is 0 Å². The lowest BCUT2D eigenvalue weighted by Gasteiger charge is -2.07. The molecule has 1 aromatic rings. The zero-order valence-corrected chi connectivity index (χ0v) is 10.7. The summed E-state index contributed by atoms with van der Waals surface area (Å²) < 4.78 is 5.33. The molecule has 0 aliphatic heterocycles. The van der Waals surface area contributed by atoms with Crippen LogP contribution in [0.4, 0.5) is 0 Å². The van der Waals surface area contributed by atoms with E-state index in [0.29, 0.717) is 6.54 Å². The van der Waals surface area contributed by atoms with Crippen LogP contribution in [0.25, 0.3) is 0 Å². The van der Waals surface area contributed by atoms with Crippen molar-refractivity contribution < 1.29 is 9.53 Å². The van der Waals surface area contributed by atoms with Crippen LogP contribution in [-0.4, -0.2) is 25.6 Å². The molecule has 0 bridgehead atoms. The Kier molecular flexibility index (Phi) is 7.64. The molecule has 4 nitrogen and oxygen atoms in total. The van der Waals surface area contributed by atoms with E-state index in [1.807, 2.05) is 30.3 Å². The number of nitrogens with one attached hydrogen (secondary N) is 1. The van der Waals surface area contributed by atoms with Gasteiger partial charge < -0.3 is 15.8 Å². The van der Waals surface area contributed by atoms with Crippen molar-refractivity contribution in [2.75, 3.05) is 19.7 Å². The van der Waals surface area contributed by atoms with Crippen molar-refractivity contribution in [3.63, 3.8) is 0 Å². The van der Waals surface area contributed by atoms with Crippen LogP contribution in [-0.2, 0) is 4.79 Å². The Morgan fingerprint density at radius 1 is 1.11 bits per heavy atom. The molecule has 0 unspecified atom stereocenters. The number of unbranched alkanes of at least 4 members (excludes halogenated alkanes) is 3. The monoisotopic (exact) mass is 250 g/mol. The minimum atomic E-state index is -0.0716. The molecule has 4 heteroatoms. The maximum Gasteiger partial charge on any atom is 0.257 e. The predicted octanol–water partition coefficient (Wildman–Crippen LogP) is 1.70. The fourth-order valence-corrected chi connectivity index (χ4v) is 1.57. The van der Waals surface area contributed by atoms with Gasteiger partial charge in [-0.25, -0.2) is 0 Å². The summed E-state index contributed by atoms with van der Waals surface area (Å²) in [6.45, 7) is 1.53. The normalized spacial score (nSPS) is 10.1. The Balaban J connectivity index is 2.01. The molecule has 100 valence electrons. The second-order valence-corrected chi connectivity index (χ2v) is 4.15. The Labute approximate surface area is 109 Å². The number of nitrogens with two attached hydrogens (primary N) is 1. The molecule has 1 aromatic carbocycles. The van der Waals surface area contributed by atoms with Gasteiger partial charge in [0.15, 0.2) is 6.61 Å². The number of para-hydroxylation sites is 1. The van der Waals surface area contributed by atoms with Crippen molar-refractivity contribution in [1.29, 1.82) is 0 Å². The molecular weight excluding hydrogens is 228 g/mol. The Morgan fingerprint density at radius 3 is 2.56 bits per heavy atom. The second kappa shape index (κ2) is 9.48. The molecule has 0 spiro atoms. The van der Waals surface area contributed by atoms with Crippen LogP contribution < -0.4 is 15.8 Å². The minimum absolute atomic E-state index is 0.0716. The molecule has 0 aromatic heterocycles. The van der Waals surface area contributed by atoms with Gasteiger partial charge in [0.05, 0.1) is 0 Å². The van der Waals surface area contributed by atoms with E-state index in [4.69, 9.17) is 10.5 Å². The zero-order valence-electron chi connectivity index (χ0n) is 10.7. The number of hydrogen-bond donors (Lipinski definition) is 2. The lowest BCUT2D eigenvalue weighted by Crippen LogP contribution is -2.29. The smallest absolute Gasteiger partial charge is 0.257 e. The molecule has 0 radical (unpaired) electrons. The third kappa shape index (κ3) is 6.91. The van der Waals surface area contributed by atoms with Gasteiger partial charge >= 0.3 is 0 Å². The van der Waals surface area contributed by atoms with E-state index in [9.17, 15) is 4.79 Å². The van der Waals surface area contributed by atoms with Crippen LogP contribution in [0.1, 0.15) is 25.7 Å². The van der Waals surface area contributed by atoms with Crippen molar-refractivity contribution in [3.8, 4) is 5.75 Å². The average molecular weight is 250 g/mol. The molecule has 0 saturated carbocycles. The van der Waals surface area contributed by atoms with Crippen molar-refractivity contribution in [2.24, 2.45) is 5.73 Å². The van der Waals surface area contributed by atoms with E-state index in [2.05, 4.69) is 5.32 Å². The van der Waals surface area contributed by atoms with Crippen LogP contribution in [0, 0.1) is 0 Å². The van der Waals surface area contributed by atoms with Crippen LogP contribution in [0.2, 0.25) is 0 Å². The highest BCUT2D eigenvalue weighted by molar-refractivity contribution is 5.77. The van der Waals surface area contributed by atoms with Gasteiger partial charge in [0.1, 0.15) is 5.75 Å². The Hall–Kier alpha value is -1.55. The molecular formula is C14H22N2O2. The quantitative estimate of drug-likeness (QED) is 0.656. The van der Waals surface area contributed by atoms with Gasteiger partial charge in [0.25, 0.3) is 5.91 Å². The van der Waals surface area contributed by atoms with Gasteiger partial charge in [-0.15, -0.1) is 0 Å². The predicted molar refractivity (Wildman–Crippen MR) is 72.5 cm³/mol. The van der Waals surface area contributed by atoms with Crippen molar-refractivity contribution in [3.05, 3.63) is 30.3 Å². The topological polar surface area (TPSA) is 64.3 Å². The van der Waals surface area contributed by atoms with Crippen molar-refractivity contribution >= 4 is 5.91 Å². The van der Waals surface area contributed by atoms with E-state index in [0.717, 1.165) is 38.0 Å². The molecule has 1 rings (SSSR count). The van der Waals surface area contributed by atoms with E-state index >= 15 is 0 Å². The molecule has 0 fully saturated rings. The average Bonchev–Trinajstić information content (AvgIpc) is 2.41. The summed E-state index contributed by atoms with van der Waals surface area (Å²) in [5, 5.41) is 2.83. The SMILES string of the molecule is NCCCCCCNC(=O)COc1ccccc1. The number of ether oxygens (including phenoxy) is 1. The highest BCUT2D eigenvalue weighted by Crippen LogP contribution is 2.07. The van der Waals surface area contributed by atoms with E-state index in [-0.39, 0.29) is 12.5 Å². The molecule has 0 heterocycles. The first-order chi connectivity index (χ1) is 8.83. The van der Waals surface area contributed by atoms with Crippen molar-refractivity contribution in [2.45, 2.75) is 25.7 Å². The van der Waals surface area contributed by atoms with Crippen molar-refractivity contribution in [1.82, 2.24) is 5.32 Å². The van der Waals surface area contributed by atoms with E-state index in [1.54, 1.807) is 0 Å². The number of benzene rings is 1. The summed E-state index contributed by atoms with van der Waals surface area (Å²) in [4.78, 5) is 11.4. The third-order valence-electron chi connectivity index (χ3n) is 2.57. The first kappa shape index (κ1) is 14.5. The third-order valence-corrected chi connectivity index (χ3v) is 2.57. The highest BCUT2D eigenvalue weighted by atomic mass is 16.5. The highest BCUT2D eigenvalue weighted by Gasteiger charge is 2.01. The molecule has 0 aliphatic carbocycles. The lowest BCUT2D eigenvalue weighted by atomic mass is 10.2. The molecule has 0 aliphatic rings. The molecule has 18 heavy (non-hydrogen) atoms. The van der Waals surface area contributed by atoms with Gasteiger partial charge in [-0.3, -0.25) is 4.79 Å².